The van der Waals surface area contributed by atoms with Crippen molar-refractivity contribution in [3.8, 4) is 5.75 Å². The molecule has 0 saturated carbocycles. The molecule has 70 valence electrons. The molecule has 0 aliphatic carbocycles. The summed E-state index contributed by atoms with van der Waals surface area (Å²) >= 11 is 4.00. The summed E-state index contributed by atoms with van der Waals surface area (Å²) in [4.78, 5) is 14.7. The van der Waals surface area contributed by atoms with E-state index in [0.717, 1.165) is 0 Å². The molecule has 0 aromatic carbocycles. The predicted octanol–water partition coefficient (Wildman–Crippen LogP) is 0.624. The highest BCUT2D eigenvalue weighted by Gasteiger charge is 2.13. The third kappa shape index (κ3) is 1.75. The lowest BCUT2D eigenvalue weighted by atomic mass is 10.1. The highest BCUT2D eigenvalue weighted by Crippen LogP contribution is 2.24. The summed E-state index contributed by atoms with van der Waals surface area (Å²) in [6.07, 6.45) is 1.35. The zero-order valence-electron chi connectivity index (χ0n) is 7.11. The molecule has 0 saturated heterocycles. The SMILES string of the molecule is Cc1ncc(C(N)=O)c(CS)c1O. The summed E-state index contributed by atoms with van der Waals surface area (Å²) in [7, 11) is 0. The van der Waals surface area contributed by atoms with Gasteiger partial charge in [-0.2, -0.15) is 12.6 Å². The van der Waals surface area contributed by atoms with Crippen molar-refractivity contribution in [1.29, 1.82) is 0 Å². The standard InChI is InChI=1S/C8H10N2O2S/c1-4-7(11)6(3-13)5(2-10-4)8(9)12/h2,11,13H,3H2,1H3,(H2,9,12). The van der Waals surface area contributed by atoms with Crippen molar-refractivity contribution in [2.75, 3.05) is 0 Å². The van der Waals surface area contributed by atoms with Gasteiger partial charge in [-0.15, -0.1) is 0 Å². The lowest BCUT2D eigenvalue weighted by Crippen LogP contribution is -2.14. The largest absolute Gasteiger partial charge is 0.506 e. The Balaban J connectivity index is 3.38. The van der Waals surface area contributed by atoms with Gasteiger partial charge in [0.15, 0.2) is 0 Å². The molecule has 0 aliphatic rings. The van der Waals surface area contributed by atoms with E-state index in [1.807, 2.05) is 0 Å². The maximum absolute atomic E-state index is 10.9. The first-order chi connectivity index (χ1) is 6.07. The van der Waals surface area contributed by atoms with Crippen molar-refractivity contribution < 1.29 is 9.90 Å². The van der Waals surface area contributed by atoms with Crippen LogP contribution < -0.4 is 5.73 Å². The number of amides is 1. The first-order valence-corrected chi connectivity index (χ1v) is 4.29. The Hall–Kier alpha value is -1.23. The molecule has 0 bridgehead atoms. The molecule has 0 atom stereocenters. The van der Waals surface area contributed by atoms with Crippen molar-refractivity contribution in [3.05, 3.63) is 23.0 Å². The van der Waals surface area contributed by atoms with Gasteiger partial charge in [-0.3, -0.25) is 9.78 Å². The van der Waals surface area contributed by atoms with Crippen molar-refractivity contribution in [1.82, 2.24) is 4.98 Å². The lowest BCUT2D eigenvalue weighted by Gasteiger charge is -2.07. The second-order valence-corrected chi connectivity index (χ2v) is 2.92. The third-order valence-corrected chi connectivity index (χ3v) is 2.08. The van der Waals surface area contributed by atoms with Gasteiger partial charge in [0.1, 0.15) is 5.75 Å². The van der Waals surface area contributed by atoms with Crippen LogP contribution in [0.4, 0.5) is 0 Å². The van der Waals surface area contributed by atoms with E-state index in [1.165, 1.54) is 6.20 Å². The number of primary amides is 1. The molecular weight excluding hydrogens is 188 g/mol. The number of carbonyl (C=O) groups is 1. The van der Waals surface area contributed by atoms with Gasteiger partial charge in [-0.1, -0.05) is 0 Å². The van der Waals surface area contributed by atoms with E-state index in [2.05, 4.69) is 17.6 Å². The number of aromatic hydroxyl groups is 1. The number of rotatable bonds is 2. The Morgan fingerprint density at radius 2 is 2.38 bits per heavy atom. The highest BCUT2D eigenvalue weighted by molar-refractivity contribution is 7.79. The molecular formula is C8H10N2O2S. The molecule has 1 heterocycles. The molecule has 0 fully saturated rings. The van der Waals surface area contributed by atoms with Gasteiger partial charge in [0, 0.05) is 17.5 Å². The molecule has 1 aromatic rings. The summed E-state index contributed by atoms with van der Waals surface area (Å²) in [5.74, 6) is -0.355. The number of nitrogens with two attached hydrogens (primary N) is 1. The van der Waals surface area contributed by atoms with Crippen LogP contribution in [0.5, 0.6) is 5.75 Å². The fraction of sp³-hybridized carbons (Fsp3) is 0.250. The Morgan fingerprint density at radius 3 is 2.85 bits per heavy atom. The molecule has 1 amide bonds. The second kappa shape index (κ2) is 3.66. The van der Waals surface area contributed by atoms with Crippen LogP contribution in [-0.2, 0) is 5.75 Å². The molecule has 5 heteroatoms. The minimum atomic E-state index is -0.605. The molecule has 4 nitrogen and oxygen atoms in total. The Morgan fingerprint density at radius 1 is 1.77 bits per heavy atom. The smallest absolute Gasteiger partial charge is 0.250 e. The quantitative estimate of drug-likeness (QED) is 0.610. The topological polar surface area (TPSA) is 76.2 Å². The first-order valence-electron chi connectivity index (χ1n) is 3.66. The van der Waals surface area contributed by atoms with E-state index in [4.69, 9.17) is 5.73 Å². The fourth-order valence-electron chi connectivity index (χ4n) is 1.02. The number of hydrogen-bond acceptors (Lipinski definition) is 4. The van der Waals surface area contributed by atoms with E-state index < -0.39 is 5.91 Å². The molecule has 0 radical (unpaired) electrons. The zero-order valence-corrected chi connectivity index (χ0v) is 8.01. The number of carbonyl (C=O) groups excluding carboxylic acids is 1. The van der Waals surface area contributed by atoms with Gasteiger partial charge in [-0.25, -0.2) is 0 Å². The van der Waals surface area contributed by atoms with Gasteiger partial charge in [0.2, 0.25) is 0 Å². The third-order valence-electron chi connectivity index (χ3n) is 1.76. The van der Waals surface area contributed by atoms with Crippen LogP contribution in [0.15, 0.2) is 6.20 Å². The number of pyridine rings is 1. The van der Waals surface area contributed by atoms with Gasteiger partial charge in [-0.05, 0) is 6.92 Å². The predicted molar refractivity (Wildman–Crippen MR) is 51.8 cm³/mol. The molecule has 1 aromatic heterocycles. The first kappa shape index (κ1) is 9.85. The number of thiol groups is 1. The van der Waals surface area contributed by atoms with Crippen molar-refractivity contribution in [2.45, 2.75) is 12.7 Å². The van der Waals surface area contributed by atoms with E-state index in [9.17, 15) is 9.90 Å². The summed E-state index contributed by atoms with van der Waals surface area (Å²) < 4.78 is 0. The Labute approximate surface area is 81.2 Å². The van der Waals surface area contributed by atoms with Crippen LogP contribution in [0.2, 0.25) is 0 Å². The molecule has 0 aliphatic heterocycles. The monoisotopic (exact) mass is 198 g/mol. The Bertz CT molecular complexity index is 352. The van der Waals surface area contributed by atoms with Crippen LogP contribution in [-0.4, -0.2) is 16.0 Å². The van der Waals surface area contributed by atoms with Crippen LogP contribution >= 0.6 is 12.6 Å². The summed E-state index contributed by atoms with van der Waals surface area (Å²) in [5.41, 5.74) is 6.21. The minimum Gasteiger partial charge on any atom is -0.506 e. The average Bonchev–Trinajstić information content (AvgIpc) is 2.09. The second-order valence-electron chi connectivity index (χ2n) is 2.61. The maximum atomic E-state index is 10.9. The minimum absolute atomic E-state index is 0.00806. The summed E-state index contributed by atoms with van der Waals surface area (Å²) in [5, 5.41) is 9.51. The van der Waals surface area contributed by atoms with Crippen LogP contribution in [0.1, 0.15) is 21.6 Å². The molecule has 0 spiro atoms. The fourth-order valence-corrected chi connectivity index (χ4v) is 1.34. The van der Waals surface area contributed by atoms with Crippen molar-refractivity contribution in [3.63, 3.8) is 0 Å². The van der Waals surface area contributed by atoms with E-state index in [0.29, 0.717) is 11.3 Å². The summed E-state index contributed by atoms with van der Waals surface area (Å²) in [6, 6.07) is 0. The van der Waals surface area contributed by atoms with E-state index >= 15 is 0 Å². The highest BCUT2D eigenvalue weighted by atomic mass is 32.1. The normalized spacial score (nSPS) is 10.0. The average molecular weight is 198 g/mol. The summed E-state index contributed by atoms with van der Waals surface area (Å²) in [6.45, 7) is 1.65. The van der Waals surface area contributed by atoms with Gasteiger partial charge in [0.25, 0.3) is 5.91 Å². The van der Waals surface area contributed by atoms with Crippen LogP contribution in [0, 0.1) is 6.92 Å². The zero-order chi connectivity index (χ0) is 10.0. The van der Waals surface area contributed by atoms with Gasteiger partial charge >= 0.3 is 0 Å². The number of hydrogen-bond donors (Lipinski definition) is 3. The number of nitrogens with zero attached hydrogens (tertiary/aromatic N) is 1. The molecule has 1 rings (SSSR count). The Kier molecular flexibility index (Phi) is 2.77. The lowest BCUT2D eigenvalue weighted by molar-refractivity contribution is 0.0999. The van der Waals surface area contributed by atoms with Crippen LogP contribution in [0.3, 0.4) is 0 Å². The maximum Gasteiger partial charge on any atom is 0.250 e. The van der Waals surface area contributed by atoms with E-state index in [-0.39, 0.29) is 17.1 Å². The van der Waals surface area contributed by atoms with Crippen molar-refractivity contribution >= 4 is 18.5 Å². The van der Waals surface area contributed by atoms with Crippen molar-refractivity contribution in [2.24, 2.45) is 5.73 Å². The molecule has 3 N–H and O–H groups in total. The van der Waals surface area contributed by atoms with Gasteiger partial charge in [0.05, 0.1) is 11.3 Å². The number of aryl methyl sites for hydroxylation is 1. The molecule has 0 unspecified atom stereocenters. The van der Waals surface area contributed by atoms with Gasteiger partial charge < -0.3 is 10.8 Å². The van der Waals surface area contributed by atoms with Crippen LogP contribution in [0.25, 0.3) is 0 Å². The van der Waals surface area contributed by atoms with E-state index in [1.54, 1.807) is 6.92 Å². The number of aromatic nitrogens is 1. The molecule has 13 heavy (non-hydrogen) atoms.